The lowest BCUT2D eigenvalue weighted by molar-refractivity contribution is -0.117. The Morgan fingerprint density at radius 3 is 2.71 bits per heavy atom. The number of hydrogen-bond acceptors (Lipinski definition) is 3. The first-order chi connectivity index (χ1) is 9.97. The molecular weight excluding hydrogens is 278 g/mol. The number of benzene rings is 1. The number of hydrogen-bond donors (Lipinski definition) is 0. The van der Waals surface area contributed by atoms with Crippen LogP contribution in [0.4, 0.5) is 8.78 Å². The van der Waals surface area contributed by atoms with Crippen LogP contribution in [0.2, 0.25) is 0 Å². The van der Waals surface area contributed by atoms with E-state index in [0.29, 0.717) is 11.1 Å². The molecule has 1 heterocycles. The van der Waals surface area contributed by atoms with Crippen LogP contribution in [0, 0.1) is 17.2 Å². The highest BCUT2D eigenvalue weighted by molar-refractivity contribution is 5.94. The van der Waals surface area contributed by atoms with Crippen molar-refractivity contribution in [3.05, 3.63) is 35.4 Å². The molecule has 1 unspecified atom stereocenters. The third-order valence-corrected chi connectivity index (χ3v) is 3.67. The van der Waals surface area contributed by atoms with Gasteiger partial charge < -0.3 is 9.64 Å². The number of nitriles is 1. The Morgan fingerprint density at radius 1 is 1.48 bits per heavy atom. The molecule has 1 atom stereocenters. The van der Waals surface area contributed by atoms with Gasteiger partial charge in [-0.1, -0.05) is 0 Å². The smallest absolute Gasteiger partial charge is 0.256 e. The predicted molar refractivity (Wildman–Crippen MR) is 72.0 cm³/mol. The Hall–Kier alpha value is -2.00. The number of carbonyl (C=O) groups is 1. The standard InChI is InChI=1S/C15H16F2N2O2/c1-21-10-13-9-19(7-6-15(13,16)17)14(20)12-4-2-11(8-18)3-5-12/h2-5,13H,6-7,9-10H2,1H3. The Bertz CT molecular complexity index is 552. The van der Waals surface area contributed by atoms with Gasteiger partial charge in [0.15, 0.2) is 0 Å². The maximum atomic E-state index is 13.7. The van der Waals surface area contributed by atoms with Crippen LogP contribution < -0.4 is 0 Å². The van der Waals surface area contributed by atoms with Gasteiger partial charge in [0.25, 0.3) is 11.8 Å². The van der Waals surface area contributed by atoms with Crippen molar-refractivity contribution in [2.45, 2.75) is 12.3 Å². The lowest BCUT2D eigenvalue weighted by Crippen LogP contribution is -2.50. The molecule has 0 spiro atoms. The minimum absolute atomic E-state index is 0.0199. The van der Waals surface area contributed by atoms with Crippen LogP contribution in [0.3, 0.4) is 0 Å². The quantitative estimate of drug-likeness (QED) is 0.859. The predicted octanol–water partition coefficient (Wildman–Crippen LogP) is 2.30. The molecular formula is C15H16F2N2O2. The van der Waals surface area contributed by atoms with Crippen molar-refractivity contribution in [1.82, 2.24) is 4.90 Å². The maximum Gasteiger partial charge on any atom is 0.256 e. The van der Waals surface area contributed by atoms with Crippen molar-refractivity contribution in [2.75, 3.05) is 26.8 Å². The summed E-state index contributed by atoms with van der Waals surface area (Å²) in [4.78, 5) is 13.7. The van der Waals surface area contributed by atoms with E-state index in [-0.39, 0.29) is 32.0 Å². The van der Waals surface area contributed by atoms with Crippen LogP contribution in [-0.4, -0.2) is 43.5 Å². The molecule has 2 rings (SSSR count). The molecule has 1 aromatic carbocycles. The van der Waals surface area contributed by atoms with Crippen LogP contribution in [0.5, 0.6) is 0 Å². The fourth-order valence-electron chi connectivity index (χ4n) is 2.41. The molecule has 112 valence electrons. The van der Waals surface area contributed by atoms with Crippen LogP contribution >= 0.6 is 0 Å². The molecule has 0 aliphatic carbocycles. The molecule has 4 nitrogen and oxygen atoms in total. The van der Waals surface area contributed by atoms with Crippen molar-refractivity contribution in [3.63, 3.8) is 0 Å². The average molecular weight is 294 g/mol. The van der Waals surface area contributed by atoms with Crippen molar-refractivity contribution in [3.8, 4) is 6.07 Å². The SMILES string of the molecule is COCC1CN(C(=O)c2ccc(C#N)cc2)CCC1(F)F. The molecule has 0 radical (unpaired) electrons. The van der Waals surface area contributed by atoms with E-state index in [1.165, 1.54) is 12.0 Å². The van der Waals surface area contributed by atoms with Crippen LogP contribution in [-0.2, 0) is 4.74 Å². The summed E-state index contributed by atoms with van der Waals surface area (Å²) in [5.74, 6) is -4.09. The molecule has 1 fully saturated rings. The highest BCUT2D eigenvalue weighted by atomic mass is 19.3. The van der Waals surface area contributed by atoms with E-state index in [0.717, 1.165) is 0 Å². The molecule has 1 aliphatic rings. The van der Waals surface area contributed by atoms with E-state index in [1.54, 1.807) is 24.3 Å². The van der Waals surface area contributed by atoms with Gasteiger partial charge in [-0.05, 0) is 24.3 Å². The van der Waals surface area contributed by atoms with Crippen LogP contribution in [0.15, 0.2) is 24.3 Å². The van der Waals surface area contributed by atoms with Gasteiger partial charge in [-0.15, -0.1) is 0 Å². The summed E-state index contributed by atoms with van der Waals surface area (Å²) < 4.78 is 32.3. The Labute approximate surface area is 121 Å². The van der Waals surface area contributed by atoms with Gasteiger partial charge in [0.05, 0.1) is 24.2 Å². The van der Waals surface area contributed by atoms with Crippen LogP contribution in [0.1, 0.15) is 22.3 Å². The number of amides is 1. The van der Waals surface area contributed by atoms with E-state index in [9.17, 15) is 13.6 Å². The monoisotopic (exact) mass is 294 g/mol. The molecule has 1 saturated heterocycles. The summed E-state index contributed by atoms with van der Waals surface area (Å²) >= 11 is 0. The van der Waals surface area contributed by atoms with Gasteiger partial charge in [0.2, 0.25) is 0 Å². The van der Waals surface area contributed by atoms with Gasteiger partial charge in [-0.3, -0.25) is 4.79 Å². The summed E-state index contributed by atoms with van der Waals surface area (Å²) in [5.41, 5.74) is 0.851. The second-order valence-corrected chi connectivity index (χ2v) is 5.10. The Balaban J connectivity index is 2.11. The lowest BCUT2D eigenvalue weighted by Gasteiger charge is -2.38. The molecule has 21 heavy (non-hydrogen) atoms. The molecule has 0 bridgehead atoms. The van der Waals surface area contributed by atoms with Crippen molar-refractivity contribution in [2.24, 2.45) is 5.92 Å². The molecule has 6 heteroatoms. The summed E-state index contributed by atoms with van der Waals surface area (Å²) in [5, 5.41) is 8.72. The topological polar surface area (TPSA) is 53.3 Å². The number of methoxy groups -OCH3 is 1. The molecule has 0 saturated carbocycles. The van der Waals surface area contributed by atoms with Gasteiger partial charge >= 0.3 is 0 Å². The number of likely N-dealkylation sites (tertiary alicyclic amines) is 1. The minimum Gasteiger partial charge on any atom is -0.384 e. The minimum atomic E-state index is -2.81. The second-order valence-electron chi connectivity index (χ2n) is 5.10. The van der Waals surface area contributed by atoms with E-state index in [1.807, 2.05) is 6.07 Å². The average Bonchev–Trinajstić information content (AvgIpc) is 2.49. The summed E-state index contributed by atoms with van der Waals surface area (Å²) in [6, 6.07) is 8.13. The number of ether oxygens (including phenoxy) is 1. The zero-order chi connectivity index (χ0) is 15.5. The summed E-state index contributed by atoms with van der Waals surface area (Å²) in [6.07, 6.45) is -0.358. The fourth-order valence-corrected chi connectivity index (χ4v) is 2.41. The van der Waals surface area contributed by atoms with Crippen molar-refractivity contribution < 1.29 is 18.3 Å². The molecule has 1 amide bonds. The molecule has 1 aromatic rings. The third-order valence-electron chi connectivity index (χ3n) is 3.67. The number of nitrogens with zero attached hydrogens (tertiary/aromatic N) is 2. The van der Waals surface area contributed by atoms with Gasteiger partial charge in [-0.2, -0.15) is 5.26 Å². The Morgan fingerprint density at radius 2 is 2.14 bits per heavy atom. The third kappa shape index (κ3) is 3.37. The highest BCUT2D eigenvalue weighted by Crippen LogP contribution is 2.34. The van der Waals surface area contributed by atoms with E-state index in [2.05, 4.69) is 0 Å². The summed E-state index contributed by atoms with van der Waals surface area (Å²) in [7, 11) is 1.37. The number of carbonyl (C=O) groups excluding carboxylic acids is 1. The first kappa shape index (κ1) is 15.4. The zero-order valence-electron chi connectivity index (χ0n) is 11.7. The number of alkyl halides is 2. The number of halogens is 2. The number of piperidine rings is 1. The first-order valence-corrected chi connectivity index (χ1v) is 6.64. The van der Waals surface area contributed by atoms with Crippen LogP contribution in [0.25, 0.3) is 0 Å². The van der Waals surface area contributed by atoms with Gasteiger partial charge in [-0.25, -0.2) is 8.78 Å². The van der Waals surface area contributed by atoms with Crippen molar-refractivity contribution >= 4 is 5.91 Å². The molecule has 1 aliphatic heterocycles. The largest absolute Gasteiger partial charge is 0.384 e. The highest BCUT2D eigenvalue weighted by Gasteiger charge is 2.45. The normalized spacial score (nSPS) is 20.9. The second kappa shape index (κ2) is 6.19. The maximum absolute atomic E-state index is 13.7. The van der Waals surface area contributed by atoms with Gasteiger partial charge in [0.1, 0.15) is 0 Å². The van der Waals surface area contributed by atoms with E-state index >= 15 is 0 Å². The van der Waals surface area contributed by atoms with E-state index in [4.69, 9.17) is 10.00 Å². The molecule has 0 aromatic heterocycles. The fraction of sp³-hybridized carbons (Fsp3) is 0.467. The van der Waals surface area contributed by atoms with E-state index < -0.39 is 11.8 Å². The van der Waals surface area contributed by atoms with Crippen molar-refractivity contribution in [1.29, 1.82) is 5.26 Å². The lowest BCUT2D eigenvalue weighted by atomic mass is 9.93. The molecule has 0 N–H and O–H groups in total. The zero-order valence-corrected chi connectivity index (χ0v) is 11.7. The number of rotatable bonds is 3. The first-order valence-electron chi connectivity index (χ1n) is 6.64. The Kier molecular flexibility index (Phi) is 4.53. The van der Waals surface area contributed by atoms with Gasteiger partial charge in [0, 0.05) is 32.2 Å². The summed E-state index contributed by atoms with van der Waals surface area (Å²) in [6.45, 7) is -0.0874.